The van der Waals surface area contributed by atoms with Gasteiger partial charge in [-0.15, -0.1) is 0 Å². The fourth-order valence-electron chi connectivity index (χ4n) is 1.98. The van der Waals surface area contributed by atoms with Gasteiger partial charge in [0.25, 0.3) is 0 Å². The van der Waals surface area contributed by atoms with E-state index in [9.17, 15) is 0 Å². The van der Waals surface area contributed by atoms with Crippen LogP contribution in [-0.2, 0) is 0 Å². The molecule has 1 aliphatic heterocycles. The molecule has 0 saturated heterocycles. The van der Waals surface area contributed by atoms with Gasteiger partial charge in [0.1, 0.15) is 13.1 Å². The van der Waals surface area contributed by atoms with E-state index in [4.69, 9.17) is 0 Å². The molecule has 1 aliphatic rings. The van der Waals surface area contributed by atoms with Crippen molar-refractivity contribution in [3.05, 3.63) is 0 Å². The summed E-state index contributed by atoms with van der Waals surface area (Å²) in [7, 11) is 0. The summed E-state index contributed by atoms with van der Waals surface area (Å²) in [5.41, 5.74) is 0. The lowest BCUT2D eigenvalue weighted by Gasteiger charge is -2.04. The minimum absolute atomic E-state index is 1.19. The predicted octanol–water partition coefficient (Wildman–Crippen LogP) is -0.254. The van der Waals surface area contributed by atoms with Crippen molar-refractivity contribution in [3.8, 4) is 0 Å². The molecule has 11 heavy (non-hydrogen) atoms. The van der Waals surface area contributed by atoms with Gasteiger partial charge < -0.3 is 0 Å². The number of hydrogen-bond acceptors (Lipinski definition) is 0. The molecule has 1 atom stereocenters. The molecule has 1 unspecified atom stereocenters. The fourth-order valence-corrected chi connectivity index (χ4v) is 1.98. The second-order valence-electron chi connectivity index (χ2n) is 3.09. The summed E-state index contributed by atoms with van der Waals surface area (Å²) in [4.78, 5) is 1.69. The third-order valence-electron chi connectivity index (χ3n) is 2.62. The molecule has 1 rings (SSSR count). The number of likely N-dealkylation sites (N-methyl/N-ethyl adjacent to an activating group) is 2. The Morgan fingerprint density at radius 1 is 1.36 bits per heavy atom. The van der Waals surface area contributed by atoms with Crippen molar-refractivity contribution >= 4 is 5.84 Å². The Labute approximate surface area is 69.5 Å². The lowest BCUT2D eigenvalue weighted by molar-refractivity contribution is -0.800. The SMILES string of the molecule is CCC1=[N+](CC)CC[NH+]1CC. The van der Waals surface area contributed by atoms with Crippen molar-refractivity contribution in [1.29, 1.82) is 0 Å². The van der Waals surface area contributed by atoms with Crippen LogP contribution in [0.3, 0.4) is 0 Å². The minimum atomic E-state index is 1.19. The molecule has 0 aliphatic carbocycles. The van der Waals surface area contributed by atoms with E-state index in [1.807, 2.05) is 0 Å². The molecular formula is C9H20N2+2. The van der Waals surface area contributed by atoms with Crippen molar-refractivity contribution in [2.75, 3.05) is 26.2 Å². The summed E-state index contributed by atoms with van der Waals surface area (Å²) in [6, 6.07) is 0. The van der Waals surface area contributed by atoms with E-state index >= 15 is 0 Å². The summed E-state index contributed by atoms with van der Waals surface area (Å²) >= 11 is 0. The smallest absolute Gasteiger partial charge is 0.246 e. The second kappa shape index (κ2) is 3.86. The molecule has 0 bridgehead atoms. The first-order chi connectivity index (χ1) is 5.33. The average Bonchev–Trinajstić information content (AvgIpc) is 2.45. The first-order valence-corrected chi connectivity index (χ1v) is 4.79. The van der Waals surface area contributed by atoms with Gasteiger partial charge >= 0.3 is 5.84 Å². The van der Waals surface area contributed by atoms with Gasteiger partial charge in [0, 0.05) is 0 Å². The number of quaternary nitrogens is 1. The lowest BCUT2D eigenvalue weighted by Crippen LogP contribution is -3.13. The van der Waals surface area contributed by atoms with Gasteiger partial charge in [-0.05, 0) is 20.8 Å². The molecule has 0 aromatic rings. The summed E-state index contributed by atoms with van der Waals surface area (Å²) < 4.78 is 2.51. The normalized spacial score (nSPS) is 24.8. The van der Waals surface area contributed by atoms with Gasteiger partial charge in [-0.25, -0.2) is 4.90 Å². The van der Waals surface area contributed by atoms with E-state index in [0.717, 1.165) is 0 Å². The van der Waals surface area contributed by atoms with Crippen molar-refractivity contribution in [3.63, 3.8) is 0 Å². The zero-order chi connectivity index (χ0) is 8.27. The molecule has 0 radical (unpaired) electrons. The molecule has 64 valence electrons. The third-order valence-corrected chi connectivity index (χ3v) is 2.62. The first-order valence-electron chi connectivity index (χ1n) is 4.79. The molecule has 0 aromatic heterocycles. The van der Waals surface area contributed by atoms with Crippen LogP contribution >= 0.6 is 0 Å². The van der Waals surface area contributed by atoms with Crippen molar-refractivity contribution < 1.29 is 9.48 Å². The first kappa shape index (κ1) is 8.72. The summed E-state index contributed by atoms with van der Waals surface area (Å²) in [6.07, 6.45) is 1.22. The Balaban J connectivity index is 2.70. The molecule has 0 saturated carbocycles. The maximum absolute atomic E-state index is 2.51. The molecule has 1 heterocycles. The second-order valence-corrected chi connectivity index (χ2v) is 3.09. The lowest BCUT2D eigenvalue weighted by atomic mass is 10.4. The number of nitrogens with zero attached hydrogens (tertiary/aromatic N) is 1. The van der Waals surface area contributed by atoms with Crippen LogP contribution in [-0.4, -0.2) is 36.6 Å². The van der Waals surface area contributed by atoms with Gasteiger partial charge in [-0.3, -0.25) is 0 Å². The summed E-state index contributed by atoms with van der Waals surface area (Å²) in [5, 5.41) is 0. The number of rotatable bonds is 3. The van der Waals surface area contributed by atoms with Crippen LogP contribution in [0.1, 0.15) is 27.2 Å². The maximum atomic E-state index is 2.51. The van der Waals surface area contributed by atoms with E-state index in [0.29, 0.717) is 0 Å². The molecule has 2 heteroatoms. The van der Waals surface area contributed by atoms with Crippen LogP contribution in [0.2, 0.25) is 0 Å². The highest BCUT2D eigenvalue weighted by Crippen LogP contribution is 1.86. The van der Waals surface area contributed by atoms with Crippen molar-refractivity contribution in [2.45, 2.75) is 27.2 Å². The molecular weight excluding hydrogens is 136 g/mol. The Morgan fingerprint density at radius 2 is 2.09 bits per heavy atom. The van der Waals surface area contributed by atoms with Crippen LogP contribution in [0.15, 0.2) is 0 Å². The van der Waals surface area contributed by atoms with E-state index in [-0.39, 0.29) is 0 Å². The zero-order valence-corrected chi connectivity index (χ0v) is 7.98. The quantitative estimate of drug-likeness (QED) is 0.539. The molecule has 1 N–H and O–H groups in total. The Hall–Kier alpha value is -0.370. The van der Waals surface area contributed by atoms with Gasteiger partial charge in [-0.2, -0.15) is 4.58 Å². The van der Waals surface area contributed by atoms with Crippen LogP contribution in [0.5, 0.6) is 0 Å². The number of hydrogen-bond donors (Lipinski definition) is 1. The average molecular weight is 156 g/mol. The van der Waals surface area contributed by atoms with Gasteiger partial charge in [0.05, 0.1) is 13.0 Å². The highest BCUT2D eigenvalue weighted by molar-refractivity contribution is 5.68. The molecule has 0 spiro atoms. The maximum Gasteiger partial charge on any atom is 0.336 e. The predicted molar refractivity (Wildman–Crippen MR) is 47.3 cm³/mol. The Morgan fingerprint density at radius 3 is 2.55 bits per heavy atom. The van der Waals surface area contributed by atoms with E-state index in [1.54, 1.807) is 10.7 Å². The number of nitrogens with one attached hydrogen (secondary N) is 1. The summed E-state index contributed by atoms with van der Waals surface area (Å²) in [6.45, 7) is 11.8. The highest BCUT2D eigenvalue weighted by Gasteiger charge is 2.30. The standard InChI is InChI=1S/C9H19N2/c1-4-9-10(5-2)7-8-11(9)6-3/h4-8H2,1-3H3/q+1/p+1. The fraction of sp³-hybridized carbons (Fsp3) is 0.889. The van der Waals surface area contributed by atoms with E-state index in [1.165, 1.54) is 32.6 Å². The van der Waals surface area contributed by atoms with Gasteiger partial charge in [0.2, 0.25) is 0 Å². The van der Waals surface area contributed by atoms with E-state index < -0.39 is 0 Å². The number of amidine groups is 1. The van der Waals surface area contributed by atoms with Gasteiger partial charge in [-0.1, -0.05) is 0 Å². The van der Waals surface area contributed by atoms with Crippen LogP contribution in [0, 0.1) is 0 Å². The monoisotopic (exact) mass is 156 g/mol. The molecule has 0 amide bonds. The third kappa shape index (κ3) is 1.62. The van der Waals surface area contributed by atoms with Crippen molar-refractivity contribution in [2.24, 2.45) is 0 Å². The Kier molecular flexibility index (Phi) is 3.06. The van der Waals surface area contributed by atoms with Crippen molar-refractivity contribution in [1.82, 2.24) is 0 Å². The molecule has 2 nitrogen and oxygen atoms in total. The van der Waals surface area contributed by atoms with E-state index in [2.05, 4.69) is 25.3 Å². The Bertz CT molecular complexity index is 161. The molecule has 0 aromatic carbocycles. The largest absolute Gasteiger partial charge is 0.336 e. The summed E-state index contributed by atoms with van der Waals surface area (Å²) in [5.74, 6) is 1.62. The van der Waals surface area contributed by atoms with Crippen LogP contribution in [0.25, 0.3) is 0 Å². The highest BCUT2D eigenvalue weighted by atomic mass is 15.3. The van der Waals surface area contributed by atoms with Crippen LogP contribution < -0.4 is 4.90 Å². The topological polar surface area (TPSA) is 7.45 Å². The molecule has 0 fully saturated rings. The van der Waals surface area contributed by atoms with Gasteiger partial charge in [0.15, 0.2) is 6.54 Å². The zero-order valence-electron chi connectivity index (χ0n) is 7.98. The minimum Gasteiger partial charge on any atom is -0.246 e. The van der Waals surface area contributed by atoms with Crippen LogP contribution in [0.4, 0.5) is 0 Å².